The van der Waals surface area contributed by atoms with Crippen LogP contribution >= 0.6 is 11.8 Å². The molecule has 0 unspecified atom stereocenters. The Morgan fingerprint density at radius 1 is 1.32 bits per heavy atom. The van der Waals surface area contributed by atoms with E-state index in [2.05, 4.69) is 4.98 Å². The third-order valence-corrected chi connectivity index (χ3v) is 4.53. The number of pyridine rings is 1. The summed E-state index contributed by atoms with van der Waals surface area (Å²) in [4.78, 5) is 4.41. The molecule has 0 bridgehead atoms. The average Bonchev–Trinajstić information content (AvgIpc) is 2.96. The lowest BCUT2D eigenvalue weighted by Gasteiger charge is -2.20. The molecule has 3 heterocycles. The first-order chi connectivity index (χ1) is 10.8. The van der Waals surface area contributed by atoms with Crippen molar-refractivity contribution < 1.29 is 13.9 Å². The summed E-state index contributed by atoms with van der Waals surface area (Å²) in [5.41, 5.74) is 2.63. The van der Waals surface area contributed by atoms with Crippen molar-refractivity contribution >= 4 is 17.3 Å². The molecule has 112 valence electrons. The van der Waals surface area contributed by atoms with Crippen LogP contribution in [0.3, 0.4) is 0 Å². The number of ether oxygens (including phenoxy) is 2. The predicted molar refractivity (Wildman–Crippen MR) is 81.4 cm³/mol. The van der Waals surface area contributed by atoms with Gasteiger partial charge in [0.2, 0.25) is 0 Å². The van der Waals surface area contributed by atoms with Crippen LogP contribution < -0.4 is 4.74 Å². The van der Waals surface area contributed by atoms with Crippen LogP contribution in [0.15, 0.2) is 47.9 Å². The van der Waals surface area contributed by atoms with Crippen molar-refractivity contribution in [2.24, 2.45) is 0 Å². The van der Waals surface area contributed by atoms with Gasteiger partial charge in [-0.3, -0.25) is 4.40 Å². The first kappa shape index (κ1) is 13.6. The Labute approximate surface area is 130 Å². The van der Waals surface area contributed by atoms with E-state index in [1.807, 2.05) is 35.0 Å². The molecule has 0 saturated carbocycles. The van der Waals surface area contributed by atoms with E-state index in [1.165, 1.54) is 12.1 Å². The summed E-state index contributed by atoms with van der Waals surface area (Å²) < 4.78 is 26.5. The van der Waals surface area contributed by atoms with Crippen LogP contribution in [-0.4, -0.2) is 16.2 Å². The van der Waals surface area contributed by atoms with E-state index in [1.54, 1.807) is 11.8 Å². The molecule has 22 heavy (non-hydrogen) atoms. The number of hydrogen-bond donors (Lipinski definition) is 0. The van der Waals surface area contributed by atoms with Gasteiger partial charge in [-0.15, -0.1) is 0 Å². The second kappa shape index (κ2) is 5.62. The van der Waals surface area contributed by atoms with E-state index < -0.39 is 0 Å². The van der Waals surface area contributed by atoms with Crippen LogP contribution in [0, 0.1) is 5.82 Å². The Morgan fingerprint density at radius 3 is 3.23 bits per heavy atom. The van der Waals surface area contributed by atoms with Crippen LogP contribution in [0.25, 0.3) is 5.52 Å². The van der Waals surface area contributed by atoms with E-state index >= 15 is 0 Å². The molecule has 0 atom stereocenters. The zero-order valence-corrected chi connectivity index (χ0v) is 12.5. The molecular formula is C16H13FN2O2S. The van der Waals surface area contributed by atoms with Gasteiger partial charge in [-0.05, 0) is 24.3 Å². The normalized spacial score (nSPS) is 13.9. The van der Waals surface area contributed by atoms with Gasteiger partial charge in [0, 0.05) is 23.1 Å². The van der Waals surface area contributed by atoms with Gasteiger partial charge in [-0.1, -0.05) is 17.8 Å². The second-order valence-electron chi connectivity index (χ2n) is 4.99. The van der Waals surface area contributed by atoms with Crippen molar-refractivity contribution in [3.05, 3.63) is 59.7 Å². The fourth-order valence-corrected chi connectivity index (χ4v) is 3.46. The largest absolute Gasteiger partial charge is 0.467 e. The molecule has 0 spiro atoms. The molecule has 0 fully saturated rings. The van der Waals surface area contributed by atoms with Gasteiger partial charge >= 0.3 is 0 Å². The lowest BCUT2D eigenvalue weighted by molar-refractivity contribution is -0.0171. The summed E-state index contributed by atoms with van der Waals surface area (Å²) in [6.07, 6.45) is 3.80. The standard InChI is InChI=1S/C16H13FN2O2S/c17-13-5-11-8-20-10-21-15(11)12(6-13)9-22-16-18-7-14-3-1-2-4-19(14)16/h1-7H,8-10H2. The van der Waals surface area contributed by atoms with Gasteiger partial charge in [0.05, 0.1) is 18.3 Å². The molecule has 3 aromatic rings. The van der Waals surface area contributed by atoms with Gasteiger partial charge in [0.15, 0.2) is 11.9 Å². The van der Waals surface area contributed by atoms with Gasteiger partial charge < -0.3 is 9.47 Å². The number of halogens is 1. The highest BCUT2D eigenvalue weighted by atomic mass is 32.2. The molecule has 0 saturated heterocycles. The van der Waals surface area contributed by atoms with Crippen LogP contribution in [0.5, 0.6) is 5.75 Å². The molecule has 0 amide bonds. The SMILES string of the molecule is Fc1cc2c(c(CSc3ncc4ccccn34)c1)OCOC2. The Kier molecular flexibility index (Phi) is 3.48. The molecule has 1 aromatic carbocycles. The fraction of sp³-hybridized carbons (Fsp3) is 0.188. The van der Waals surface area contributed by atoms with Gasteiger partial charge in [0.25, 0.3) is 0 Å². The number of hydrogen-bond acceptors (Lipinski definition) is 4. The van der Waals surface area contributed by atoms with Crippen molar-refractivity contribution in [1.29, 1.82) is 0 Å². The van der Waals surface area contributed by atoms with Crippen molar-refractivity contribution in [3.63, 3.8) is 0 Å². The highest BCUT2D eigenvalue weighted by molar-refractivity contribution is 7.98. The Bertz CT molecular complexity index is 834. The van der Waals surface area contributed by atoms with Gasteiger partial charge in [0.1, 0.15) is 11.6 Å². The van der Waals surface area contributed by atoms with Crippen LogP contribution in [0.2, 0.25) is 0 Å². The van der Waals surface area contributed by atoms with Crippen LogP contribution in [0.1, 0.15) is 11.1 Å². The van der Waals surface area contributed by atoms with Gasteiger partial charge in [-0.25, -0.2) is 9.37 Å². The number of fused-ring (bicyclic) bond motifs is 2. The minimum absolute atomic E-state index is 0.211. The summed E-state index contributed by atoms with van der Waals surface area (Å²) in [5, 5.41) is 0.876. The summed E-state index contributed by atoms with van der Waals surface area (Å²) in [6.45, 7) is 0.597. The molecule has 4 rings (SSSR count). The number of aromatic nitrogens is 2. The second-order valence-corrected chi connectivity index (χ2v) is 5.93. The number of nitrogens with zero attached hydrogens (tertiary/aromatic N) is 2. The lowest BCUT2D eigenvalue weighted by atomic mass is 10.1. The fourth-order valence-electron chi connectivity index (χ4n) is 2.53. The highest BCUT2D eigenvalue weighted by Gasteiger charge is 2.17. The maximum absolute atomic E-state index is 13.7. The van der Waals surface area contributed by atoms with Crippen LogP contribution in [-0.2, 0) is 17.1 Å². The van der Waals surface area contributed by atoms with Crippen molar-refractivity contribution in [2.45, 2.75) is 17.5 Å². The van der Waals surface area contributed by atoms with E-state index in [0.717, 1.165) is 27.5 Å². The smallest absolute Gasteiger partial charge is 0.189 e. The number of thioether (sulfide) groups is 1. The molecule has 6 heteroatoms. The first-order valence-electron chi connectivity index (χ1n) is 6.88. The van der Waals surface area contributed by atoms with Gasteiger partial charge in [-0.2, -0.15) is 0 Å². The van der Waals surface area contributed by atoms with E-state index in [9.17, 15) is 4.39 Å². The predicted octanol–water partition coefficient (Wildman–Crippen LogP) is 3.63. The number of rotatable bonds is 3. The summed E-state index contributed by atoms with van der Waals surface area (Å²) in [5.74, 6) is 1.06. The molecule has 1 aliphatic heterocycles. The Hall–Kier alpha value is -2.05. The third-order valence-electron chi connectivity index (χ3n) is 3.51. The minimum Gasteiger partial charge on any atom is -0.467 e. The molecule has 0 N–H and O–H groups in total. The number of imidazole rings is 1. The molecule has 4 nitrogen and oxygen atoms in total. The lowest BCUT2D eigenvalue weighted by Crippen LogP contribution is -2.13. The highest BCUT2D eigenvalue weighted by Crippen LogP contribution is 2.33. The van der Waals surface area contributed by atoms with Crippen molar-refractivity contribution in [1.82, 2.24) is 9.38 Å². The molecule has 0 aliphatic carbocycles. The maximum atomic E-state index is 13.7. The summed E-state index contributed by atoms with van der Waals surface area (Å²) in [7, 11) is 0. The summed E-state index contributed by atoms with van der Waals surface area (Å²) >= 11 is 1.56. The minimum atomic E-state index is -0.267. The maximum Gasteiger partial charge on any atom is 0.189 e. The topological polar surface area (TPSA) is 35.8 Å². The Morgan fingerprint density at radius 2 is 2.27 bits per heavy atom. The van der Waals surface area contributed by atoms with E-state index in [-0.39, 0.29) is 12.6 Å². The van der Waals surface area contributed by atoms with E-state index in [4.69, 9.17) is 9.47 Å². The quantitative estimate of drug-likeness (QED) is 0.691. The third kappa shape index (κ3) is 2.44. The molecular weight excluding hydrogens is 303 g/mol. The average molecular weight is 316 g/mol. The molecule has 2 aromatic heterocycles. The zero-order valence-electron chi connectivity index (χ0n) is 11.7. The molecule has 1 aliphatic rings. The number of benzene rings is 1. The Balaban J connectivity index is 1.63. The van der Waals surface area contributed by atoms with Crippen molar-refractivity contribution in [3.8, 4) is 5.75 Å². The van der Waals surface area contributed by atoms with Crippen LogP contribution in [0.4, 0.5) is 4.39 Å². The van der Waals surface area contributed by atoms with Crippen molar-refractivity contribution in [2.75, 3.05) is 6.79 Å². The summed E-state index contributed by atoms with van der Waals surface area (Å²) in [6, 6.07) is 8.92. The monoisotopic (exact) mass is 316 g/mol. The zero-order chi connectivity index (χ0) is 14.9. The first-order valence-corrected chi connectivity index (χ1v) is 7.86. The van der Waals surface area contributed by atoms with E-state index in [0.29, 0.717) is 12.4 Å². The molecule has 0 radical (unpaired) electrons.